The van der Waals surface area contributed by atoms with Crippen molar-refractivity contribution in [3.05, 3.63) is 64.5 Å². The van der Waals surface area contributed by atoms with Crippen LogP contribution in [0.25, 0.3) is 0 Å². The molecule has 2 aromatic rings. The lowest BCUT2D eigenvalue weighted by Gasteiger charge is -2.19. The van der Waals surface area contributed by atoms with Crippen molar-refractivity contribution >= 4 is 17.5 Å². The number of anilines is 1. The fourth-order valence-corrected chi connectivity index (χ4v) is 4.39. The molecule has 4 rings (SSSR count). The van der Waals surface area contributed by atoms with Crippen molar-refractivity contribution in [3.63, 3.8) is 0 Å². The van der Waals surface area contributed by atoms with Crippen molar-refractivity contribution in [2.75, 3.05) is 5.32 Å². The lowest BCUT2D eigenvalue weighted by Crippen LogP contribution is -2.21. The maximum absolute atomic E-state index is 13.7. The van der Waals surface area contributed by atoms with E-state index in [9.17, 15) is 27.2 Å². The Kier molecular flexibility index (Phi) is 5.26. The number of carbonyl (C=O) groups is 2. The molecule has 2 N–H and O–H groups in total. The van der Waals surface area contributed by atoms with E-state index in [2.05, 4.69) is 10.6 Å². The number of alkyl halides is 3. The molecule has 1 saturated carbocycles. The number of fused-ring (bicyclic) bond motifs is 1. The van der Waals surface area contributed by atoms with Crippen LogP contribution in [0.15, 0.2) is 36.4 Å². The van der Waals surface area contributed by atoms with Crippen LogP contribution in [0.1, 0.15) is 70.0 Å². The van der Waals surface area contributed by atoms with Crippen LogP contribution >= 0.6 is 0 Å². The van der Waals surface area contributed by atoms with E-state index in [1.54, 1.807) is 18.2 Å². The number of hydrogen-bond acceptors (Lipinski definition) is 2. The van der Waals surface area contributed by atoms with Crippen LogP contribution in [-0.2, 0) is 6.18 Å². The molecule has 1 heterocycles. The number of nitrogens with one attached hydrogen (secondary N) is 2. The molecule has 0 saturated heterocycles. The van der Waals surface area contributed by atoms with Gasteiger partial charge >= 0.3 is 6.18 Å². The Labute approximate surface area is 170 Å². The van der Waals surface area contributed by atoms with Crippen molar-refractivity contribution in [2.24, 2.45) is 5.92 Å². The summed E-state index contributed by atoms with van der Waals surface area (Å²) in [6.45, 7) is 0. The van der Waals surface area contributed by atoms with Crippen LogP contribution in [0.4, 0.5) is 23.2 Å². The second kappa shape index (κ2) is 7.74. The Balaban J connectivity index is 1.62. The van der Waals surface area contributed by atoms with Gasteiger partial charge in [-0.15, -0.1) is 0 Å². The summed E-state index contributed by atoms with van der Waals surface area (Å²) in [5, 5.41) is 5.51. The topological polar surface area (TPSA) is 58.2 Å². The van der Waals surface area contributed by atoms with Gasteiger partial charge < -0.3 is 10.6 Å². The Morgan fingerprint density at radius 1 is 1.13 bits per heavy atom. The summed E-state index contributed by atoms with van der Waals surface area (Å²) in [6.07, 6.45) is 0.437. The van der Waals surface area contributed by atoms with E-state index in [0.717, 1.165) is 38.2 Å². The molecular formula is C22H20F4N2O2. The predicted molar refractivity (Wildman–Crippen MR) is 103 cm³/mol. The molecule has 0 radical (unpaired) electrons. The number of hydrogen-bond donors (Lipinski definition) is 2. The van der Waals surface area contributed by atoms with Gasteiger partial charge in [0, 0.05) is 22.4 Å². The summed E-state index contributed by atoms with van der Waals surface area (Å²) in [4.78, 5) is 25.0. The summed E-state index contributed by atoms with van der Waals surface area (Å²) in [5.41, 5.74) is -0.260. The summed E-state index contributed by atoms with van der Waals surface area (Å²) in [7, 11) is 0. The Bertz CT molecular complexity index is 997. The minimum Gasteiger partial charge on any atom is -0.345 e. The normalized spacial score (nSPS) is 18.9. The number of halogens is 4. The molecular weight excluding hydrogens is 400 g/mol. The van der Waals surface area contributed by atoms with Gasteiger partial charge in [-0.05, 0) is 42.7 Å². The lowest BCUT2D eigenvalue weighted by molar-refractivity contribution is -0.137. The molecule has 1 fully saturated rings. The highest BCUT2D eigenvalue weighted by atomic mass is 19.4. The third-order valence-electron chi connectivity index (χ3n) is 5.78. The molecule has 2 aromatic carbocycles. The van der Waals surface area contributed by atoms with Crippen LogP contribution in [0, 0.1) is 11.7 Å². The van der Waals surface area contributed by atoms with Crippen molar-refractivity contribution in [3.8, 4) is 0 Å². The van der Waals surface area contributed by atoms with Crippen LogP contribution in [0.2, 0.25) is 0 Å². The van der Waals surface area contributed by atoms with Gasteiger partial charge in [0.15, 0.2) is 0 Å². The van der Waals surface area contributed by atoms with Gasteiger partial charge in [0.2, 0.25) is 0 Å². The molecule has 0 unspecified atom stereocenters. The molecule has 4 nitrogen and oxygen atoms in total. The highest BCUT2D eigenvalue weighted by Crippen LogP contribution is 2.40. The summed E-state index contributed by atoms with van der Waals surface area (Å²) in [5.74, 6) is -1.78. The Morgan fingerprint density at radius 2 is 1.87 bits per heavy atom. The number of amides is 2. The van der Waals surface area contributed by atoms with Crippen molar-refractivity contribution in [1.29, 1.82) is 0 Å². The highest BCUT2D eigenvalue weighted by molar-refractivity contribution is 6.07. The maximum Gasteiger partial charge on any atom is 0.416 e. The quantitative estimate of drug-likeness (QED) is 0.645. The number of rotatable bonds is 4. The molecule has 158 valence electrons. The SMILES string of the molecule is O=C(Nc1cccc2c1[C@H](CC1CCCC1)NC2=O)c1cc(F)cc(C(F)(F)F)c1. The average molecular weight is 420 g/mol. The second-order valence-electron chi connectivity index (χ2n) is 7.86. The van der Waals surface area contributed by atoms with Gasteiger partial charge in [0.25, 0.3) is 11.8 Å². The molecule has 1 aliphatic heterocycles. The summed E-state index contributed by atoms with van der Waals surface area (Å²) >= 11 is 0. The van der Waals surface area contributed by atoms with Gasteiger partial charge in [0.05, 0.1) is 11.6 Å². The van der Waals surface area contributed by atoms with Gasteiger partial charge in [0.1, 0.15) is 5.82 Å². The van der Waals surface area contributed by atoms with E-state index in [-0.39, 0.29) is 11.9 Å². The lowest BCUT2D eigenvalue weighted by atomic mass is 9.92. The Hall–Kier alpha value is -2.90. The van der Waals surface area contributed by atoms with Crippen molar-refractivity contribution < 1.29 is 27.2 Å². The molecule has 2 amide bonds. The summed E-state index contributed by atoms with van der Waals surface area (Å²) in [6, 6.07) is 6.29. The molecule has 1 atom stereocenters. The zero-order valence-electron chi connectivity index (χ0n) is 16.0. The first-order chi connectivity index (χ1) is 14.2. The Morgan fingerprint density at radius 3 is 2.57 bits per heavy atom. The maximum atomic E-state index is 13.7. The van der Waals surface area contributed by atoms with Gasteiger partial charge in [-0.3, -0.25) is 9.59 Å². The van der Waals surface area contributed by atoms with Crippen molar-refractivity contribution in [1.82, 2.24) is 5.32 Å². The monoisotopic (exact) mass is 420 g/mol. The fraction of sp³-hybridized carbons (Fsp3) is 0.364. The molecule has 0 bridgehead atoms. The minimum absolute atomic E-state index is 0.241. The van der Waals surface area contributed by atoms with Crippen LogP contribution in [0.5, 0.6) is 0 Å². The first-order valence-corrected chi connectivity index (χ1v) is 9.85. The smallest absolute Gasteiger partial charge is 0.345 e. The van der Waals surface area contributed by atoms with E-state index in [1.165, 1.54) is 0 Å². The molecule has 8 heteroatoms. The fourth-order valence-electron chi connectivity index (χ4n) is 4.39. The highest BCUT2D eigenvalue weighted by Gasteiger charge is 2.34. The minimum atomic E-state index is -4.77. The first kappa shape index (κ1) is 20.4. The van der Waals surface area contributed by atoms with Gasteiger partial charge in [-0.1, -0.05) is 31.7 Å². The third kappa shape index (κ3) is 4.04. The molecule has 30 heavy (non-hydrogen) atoms. The largest absolute Gasteiger partial charge is 0.416 e. The van der Waals surface area contributed by atoms with Gasteiger partial charge in [-0.2, -0.15) is 13.2 Å². The third-order valence-corrected chi connectivity index (χ3v) is 5.78. The molecule has 0 aromatic heterocycles. The van der Waals surface area contributed by atoms with E-state index >= 15 is 0 Å². The van der Waals surface area contributed by atoms with E-state index < -0.39 is 29.0 Å². The van der Waals surface area contributed by atoms with Gasteiger partial charge in [-0.25, -0.2) is 4.39 Å². The molecule has 1 aliphatic carbocycles. The first-order valence-electron chi connectivity index (χ1n) is 9.85. The van der Waals surface area contributed by atoms with Crippen LogP contribution < -0.4 is 10.6 Å². The summed E-state index contributed by atoms with van der Waals surface area (Å²) < 4.78 is 52.6. The molecule has 2 aliphatic rings. The van der Waals surface area contributed by atoms with E-state index in [0.29, 0.717) is 34.9 Å². The zero-order valence-corrected chi connectivity index (χ0v) is 16.0. The molecule has 0 spiro atoms. The van der Waals surface area contributed by atoms with E-state index in [1.807, 2.05) is 0 Å². The number of carbonyl (C=O) groups excluding carboxylic acids is 2. The average Bonchev–Trinajstić information content (AvgIpc) is 3.30. The second-order valence-corrected chi connectivity index (χ2v) is 7.86. The van der Waals surface area contributed by atoms with Crippen molar-refractivity contribution in [2.45, 2.75) is 44.3 Å². The standard InChI is InChI=1S/C22H20F4N2O2/c23-15-10-13(9-14(11-15)22(24,25)26)20(29)27-17-7-3-6-16-19(17)18(28-21(16)30)8-12-4-1-2-5-12/h3,6-7,9-12,18H,1-2,4-5,8H2,(H,27,29)(H,28,30)/t18-/m0/s1. The van der Waals surface area contributed by atoms with E-state index in [4.69, 9.17) is 0 Å². The van der Waals surface area contributed by atoms with Crippen LogP contribution in [-0.4, -0.2) is 11.8 Å². The number of benzene rings is 2. The predicted octanol–water partition coefficient (Wildman–Crippen LogP) is 5.46. The zero-order chi connectivity index (χ0) is 21.5. The van der Waals surface area contributed by atoms with Crippen LogP contribution in [0.3, 0.4) is 0 Å².